The molecule has 1 aromatic heterocycles. The standard InChI is InChI=1S/C16H22O3/c1-4-11(5-2)15(17)16(18)14-9-12-8-10(3)6-7-13(12)19-14/h6-9,11,15-18H,4-5H2,1-3H3. The van der Waals surface area contributed by atoms with Gasteiger partial charge in [0.25, 0.3) is 0 Å². The first-order valence-corrected chi connectivity index (χ1v) is 6.93. The molecule has 1 aromatic carbocycles. The first-order chi connectivity index (χ1) is 9.06. The topological polar surface area (TPSA) is 53.6 Å². The van der Waals surface area contributed by atoms with Gasteiger partial charge in [0, 0.05) is 5.39 Å². The molecule has 2 aromatic rings. The summed E-state index contributed by atoms with van der Waals surface area (Å²) in [5.74, 6) is 0.532. The summed E-state index contributed by atoms with van der Waals surface area (Å²) in [5, 5.41) is 21.4. The number of furan rings is 1. The van der Waals surface area contributed by atoms with Crippen molar-refractivity contribution in [2.45, 2.75) is 45.8 Å². The van der Waals surface area contributed by atoms with E-state index in [1.54, 1.807) is 0 Å². The van der Waals surface area contributed by atoms with Gasteiger partial charge in [-0.2, -0.15) is 0 Å². The minimum atomic E-state index is -0.961. The zero-order valence-corrected chi connectivity index (χ0v) is 11.8. The summed E-state index contributed by atoms with van der Waals surface area (Å²) >= 11 is 0. The summed E-state index contributed by atoms with van der Waals surface area (Å²) in [6, 6.07) is 7.70. The third-order valence-electron chi connectivity index (χ3n) is 3.84. The van der Waals surface area contributed by atoms with Crippen LogP contribution < -0.4 is 0 Å². The summed E-state index contributed by atoms with van der Waals surface area (Å²) in [5.41, 5.74) is 1.89. The maximum absolute atomic E-state index is 10.2. The summed E-state index contributed by atoms with van der Waals surface area (Å²) in [7, 11) is 0. The number of benzene rings is 1. The van der Waals surface area contributed by atoms with Gasteiger partial charge in [-0.05, 0) is 31.0 Å². The van der Waals surface area contributed by atoms with E-state index in [-0.39, 0.29) is 5.92 Å². The van der Waals surface area contributed by atoms with Gasteiger partial charge in [-0.25, -0.2) is 0 Å². The van der Waals surface area contributed by atoms with E-state index in [0.717, 1.165) is 29.4 Å². The van der Waals surface area contributed by atoms with Gasteiger partial charge < -0.3 is 14.6 Å². The number of fused-ring (bicyclic) bond motifs is 1. The smallest absolute Gasteiger partial charge is 0.138 e. The Morgan fingerprint density at radius 1 is 1.11 bits per heavy atom. The second-order valence-corrected chi connectivity index (χ2v) is 5.20. The average Bonchev–Trinajstić information content (AvgIpc) is 2.81. The molecule has 104 valence electrons. The number of aryl methyl sites for hydroxylation is 1. The van der Waals surface area contributed by atoms with Crippen molar-refractivity contribution in [1.82, 2.24) is 0 Å². The van der Waals surface area contributed by atoms with Gasteiger partial charge in [0.05, 0.1) is 6.10 Å². The molecule has 0 amide bonds. The van der Waals surface area contributed by atoms with Crippen molar-refractivity contribution in [3.8, 4) is 0 Å². The van der Waals surface area contributed by atoms with Crippen molar-refractivity contribution in [2.24, 2.45) is 5.92 Å². The lowest BCUT2D eigenvalue weighted by atomic mass is 9.92. The molecular formula is C16H22O3. The van der Waals surface area contributed by atoms with Gasteiger partial charge in [0.15, 0.2) is 0 Å². The third-order valence-corrected chi connectivity index (χ3v) is 3.84. The minimum absolute atomic E-state index is 0.0879. The van der Waals surface area contributed by atoms with Crippen molar-refractivity contribution in [2.75, 3.05) is 0 Å². The molecular weight excluding hydrogens is 240 g/mol. The number of hydrogen-bond acceptors (Lipinski definition) is 3. The van der Waals surface area contributed by atoms with Crippen molar-refractivity contribution < 1.29 is 14.6 Å². The lowest BCUT2D eigenvalue weighted by molar-refractivity contribution is -0.0304. The molecule has 0 spiro atoms. The summed E-state index contributed by atoms with van der Waals surface area (Å²) < 4.78 is 5.64. The molecule has 0 saturated heterocycles. The first kappa shape index (κ1) is 14.1. The second-order valence-electron chi connectivity index (χ2n) is 5.20. The van der Waals surface area contributed by atoms with Gasteiger partial charge in [-0.15, -0.1) is 0 Å². The Hall–Kier alpha value is -1.32. The Balaban J connectivity index is 2.28. The van der Waals surface area contributed by atoms with E-state index in [0.29, 0.717) is 5.76 Å². The van der Waals surface area contributed by atoms with Gasteiger partial charge in [0.2, 0.25) is 0 Å². The van der Waals surface area contributed by atoms with E-state index >= 15 is 0 Å². The van der Waals surface area contributed by atoms with Crippen LogP contribution in [0.2, 0.25) is 0 Å². The Morgan fingerprint density at radius 3 is 2.42 bits per heavy atom. The Bertz CT molecular complexity index is 540. The van der Waals surface area contributed by atoms with Crippen molar-refractivity contribution in [1.29, 1.82) is 0 Å². The molecule has 0 fully saturated rings. The molecule has 3 nitrogen and oxygen atoms in total. The molecule has 0 aliphatic heterocycles. The van der Waals surface area contributed by atoms with Gasteiger partial charge in [-0.1, -0.05) is 38.3 Å². The van der Waals surface area contributed by atoms with E-state index in [1.807, 2.05) is 45.0 Å². The van der Waals surface area contributed by atoms with Crippen LogP contribution in [0, 0.1) is 12.8 Å². The Kier molecular flexibility index (Phi) is 4.27. The van der Waals surface area contributed by atoms with Crippen LogP contribution in [0.25, 0.3) is 11.0 Å². The fourth-order valence-electron chi connectivity index (χ4n) is 2.53. The monoisotopic (exact) mass is 262 g/mol. The summed E-state index contributed by atoms with van der Waals surface area (Å²) in [6.45, 7) is 6.06. The molecule has 0 saturated carbocycles. The Morgan fingerprint density at radius 2 is 1.79 bits per heavy atom. The minimum Gasteiger partial charge on any atom is -0.458 e. The average molecular weight is 262 g/mol. The van der Waals surface area contributed by atoms with Gasteiger partial charge in [-0.3, -0.25) is 0 Å². The maximum atomic E-state index is 10.2. The fraction of sp³-hybridized carbons (Fsp3) is 0.500. The molecule has 2 unspecified atom stereocenters. The molecule has 0 bridgehead atoms. The van der Waals surface area contributed by atoms with Gasteiger partial charge in [0.1, 0.15) is 17.4 Å². The highest BCUT2D eigenvalue weighted by Gasteiger charge is 2.27. The number of rotatable bonds is 5. The number of aliphatic hydroxyl groups is 2. The molecule has 19 heavy (non-hydrogen) atoms. The van der Waals surface area contributed by atoms with Crippen molar-refractivity contribution in [3.05, 3.63) is 35.6 Å². The first-order valence-electron chi connectivity index (χ1n) is 6.93. The number of hydrogen-bond donors (Lipinski definition) is 2. The van der Waals surface area contributed by atoms with E-state index in [2.05, 4.69) is 0 Å². The molecule has 2 rings (SSSR count). The summed E-state index contributed by atoms with van der Waals surface area (Å²) in [4.78, 5) is 0. The lowest BCUT2D eigenvalue weighted by Gasteiger charge is -2.23. The molecule has 0 aliphatic rings. The quantitative estimate of drug-likeness (QED) is 0.866. The molecule has 0 aliphatic carbocycles. The molecule has 3 heteroatoms. The Labute approximate surface area is 113 Å². The van der Waals surface area contributed by atoms with Crippen LogP contribution in [-0.2, 0) is 0 Å². The largest absolute Gasteiger partial charge is 0.458 e. The highest BCUT2D eigenvalue weighted by molar-refractivity contribution is 5.78. The van der Waals surface area contributed by atoms with Gasteiger partial charge >= 0.3 is 0 Å². The highest BCUT2D eigenvalue weighted by Crippen LogP contribution is 2.30. The maximum Gasteiger partial charge on any atom is 0.138 e. The molecule has 0 radical (unpaired) electrons. The van der Waals surface area contributed by atoms with E-state index in [1.165, 1.54) is 0 Å². The predicted octanol–water partition coefficient (Wildman–Crippen LogP) is 3.57. The molecule has 2 N–H and O–H groups in total. The SMILES string of the molecule is CCC(CC)C(O)C(O)c1cc2cc(C)ccc2o1. The zero-order valence-electron chi connectivity index (χ0n) is 11.8. The van der Waals surface area contributed by atoms with Crippen LogP contribution in [0.1, 0.15) is 44.1 Å². The van der Waals surface area contributed by atoms with Crippen LogP contribution in [0.5, 0.6) is 0 Å². The van der Waals surface area contributed by atoms with E-state index in [9.17, 15) is 10.2 Å². The van der Waals surface area contributed by atoms with Crippen LogP contribution in [0.3, 0.4) is 0 Å². The third kappa shape index (κ3) is 2.82. The molecule has 2 atom stereocenters. The van der Waals surface area contributed by atoms with Crippen LogP contribution in [-0.4, -0.2) is 16.3 Å². The lowest BCUT2D eigenvalue weighted by Crippen LogP contribution is -2.26. The van der Waals surface area contributed by atoms with E-state index < -0.39 is 12.2 Å². The van der Waals surface area contributed by atoms with Crippen molar-refractivity contribution in [3.63, 3.8) is 0 Å². The normalized spacial score (nSPS) is 15.1. The van der Waals surface area contributed by atoms with Crippen molar-refractivity contribution >= 4 is 11.0 Å². The predicted molar refractivity (Wildman–Crippen MR) is 76.0 cm³/mol. The number of aliphatic hydroxyl groups excluding tert-OH is 2. The second kappa shape index (κ2) is 5.76. The van der Waals surface area contributed by atoms with Crippen LogP contribution in [0.4, 0.5) is 0 Å². The molecule has 1 heterocycles. The van der Waals surface area contributed by atoms with Crippen LogP contribution in [0.15, 0.2) is 28.7 Å². The zero-order chi connectivity index (χ0) is 14.0. The summed E-state index contributed by atoms with van der Waals surface area (Å²) in [6.07, 6.45) is -0.0588. The fourth-order valence-corrected chi connectivity index (χ4v) is 2.53. The van der Waals surface area contributed by atoms with E-state index in [4.69, 9.17) is 4.42 Å². The van der Waals surface area contributed by atoms with Crippen LogP contribution >= 0.6 is 0 Å². The highest BCUT2D eigenvalue weighted by atomic mass is 16.4.